The van der Waals surface area contributed by atoms with Crippen LogP contribution in [0.5, 0.6) is 0 Å². The Balaban J connectivity index is 1.48. The average molecular weight is 585 g/mol. The number of hydrogen-bond acceptors (Lipinski definition) is 2. The van der Waals surface area contributed by atoms with Gasteiger partial charge in [-0.3, -0.25) is 0 Å². The van der Waals surface area contributed by atoms with E-state index >= 15 is 0 Å². The lowest BCUT2D eigenvalue weighted by molar-refractivity contribution is 0.596. The smallest absolute Gasteiger partial charge is 0.0991 e. The fourth-order valence-electron chi connectivity index (χ4n) is 6.24. The second kappa shape index (κ2) is 17.6. The first kappa shape index (κ1) is 33.2. The van der Waals surface area contributed by atoms with Crippen molar-refractivity contribution in [3.63, 3.8) is 0 Å². The van der Waals surface area contributed by atoms with Crippen molar-refractivity contribution in [1.29, 1.82) is 5.26 Å². The normalized spacial score (nSPS) is 11.1. The van der Waals surface area contributed by atoms with Crippen LogP contribution in [0.3, 0.4) is 0 Å². The van der Waals surface area contributed by atoms with Gasteiger partial charge in [-0.2, -0.15) is 5.26 Å². The van der Waals surface area contributed by atoms with E-state index in [-0.39, 0.29) is 0 Å². The van der Waals surface area contributed by atoms with E-state index < -0.39 is 0 Å². The molecule has 4 aromatic rings. The number of nitrogens with zero attached hydrogens (tertiary/aromatic N) is 1. The lowest BCUT2D eigenvalue weighted by atomic mass is 9.90. The number of nitrogens with one attached hydrogen (secondary N) is 1. The van der Waals surface area contributed by atoms with Crippen molar-refractivity contribution in [2.75, 3.05) is 6.54 Å². The van der Waals surface area contributed by atoms with E-state index in [0.29, 0.717) is 0 Å². The van der Waals surface area contributed by atoms with Gasteiger partial charge in [-0.1, -0.05) is 106 Å². The van der Waals surface area contributed by atoms with Gasteiger partial charge in [0.05, 0.1) is 11.6 Å². The lowest BCUT2D eigenvalue weighted by Crippen LogP contribution is -2.16. The van der Waals surface area contributed by atoms with E-state index in [1.165, 1.54) is 94.2 Å². The van der Waals surface area contributed by atoms with Crippen molar-refractivity contribution in [2.24, 2.45) is 0 Å². The molecule has 0 amide bonds. The molecule has 0 spiro atoms. The maximum atomic E-state index is 9.35. The average Bonchev–Trinajstić information content (AvgIpc) is 3.05. The monoisotopic (exact) mass is 584 g/mol. The summed E-state index contributed by atoms with van der Waals surface area (Å²) in [5.74, 6) is 0. The first-order valence-electron chi connectivity index (χ1n) is 17.0. The van der Waals surface area contributed by atoms with Crippen LogP contribution in [0, 0.1) is 25.2 Å². The maximum absolute atomic E-state index is 9.35. The zero-order chi connectivity index (χ0) is 31.1. The molecule has 2 heteroatoms. The van der Waals surface area contributed by atoms with Crippen molar-refractivity contribution in [3.8, 4) is 17.2 Å². The Bertz CT molecular complexity index is 1520. The zero-order valence-electron chi connectivity index (χ0n) is 27.6. The molecule has 44 heavy (non-hydrogen) atoms. The van der Waals surface area contributed by atoms with Gasteiger partial charge in [-0.25, -0.2) is 0 Å². The van der Waals surface area contributed by atoms with Gasteiger partial charge in [0.1, 0.15) is 0 Å². The van der Waals surface area contributed by atoms with Gasteiger partial charge in [-0.05, 0) is 133 Å². The second-order valence-electron chi connectivity index (χ2n) is 12.5. The van der Waals surface area contributed by atoms with E-state index in [4.69, 9.17) is 0 Å². The molecule has 0 fully saturated rings. The fraction of sp³-hybridized carbons (Fsp3) is 0.405. The van der Waals surface area contributed by atoms with Crippen molar-refractivity contribution in [3.05, 3.63) is 129 Å². The van der Waals surface area contributed by atoms with Crippen LogP contribution in [-0.2, 0) is 38.6 Å². The largest absolute Gasteiger partial charge is 0.313 e. The zero-order valence-corrected chi connectivity index (χ0v) is 27.6. The standard InChI is InChI=1S/C42H52N2/c1-5-7-9-10-26-44-31-41-25-21-35(28-39(41)24-20-34-13-11-14-36(27-34)30-43)19-23-37-16-12-17-42(33(37)4)40-22-18-32(3)38(29-40)15-8-6-2/h11-14,16-18,21-22,25,27-29,44H,5-10,15,19-20,23-24,26,31H2,1-4H3. The highest BCUT2D eigenvalue weighted by atomic mass is 14.8. The molecule has 0 aliphatic rings. The minimum Gasteiger partial charge on any atom is -0.313 e. The Labute approximate surface area is 267 Å². The first-order valence-corrected chi connectivity index (χ1v) is 17.0. The quantitative estimate of drug-likeness (QED) is 0.125. The van der Waals surface area contributed by atoms with Crippen LogP contribution >= 0.6 is 0 Å². The van der Waals surface area contributed by atoms with Crippen LogP contribution in [0.1, 0.15) is 102 Å². The van der Waals surface area contributed by atoms with Gasteiger partial charge < -0.3 is 5.32 Å². The molecule has 0 saturated heterocycles. The third-order valence-electron chi connectivity index (χ3n) is 9.12. The molecule has 0 aliphatic carbocycles. The number of hydrogen-bond donors (Lipinski definition) is 1. The molecule has 0 aliphatic heterocycles. The highest BCUT2D eigenvalue weighted by Crippen LogP contribution is 2.29. The molecule has 0 atom stereocenters. The molecular weight excluding hydrogens is 532 g/mol. The number of unbranched alkanes of at least 4 members (excludes halogenated alkanes) is 4. The van der Waals surface area contributed by atoms with Crippen LogP contribution < -0.4 is 5.32 Å². The van der Waals surface area contributed by atoms with Crippen molar-refractivity contribution >= 4 is 0 Å². The third kappa shape index (κ3) is 9.67. The Hall–Kier alpha value is -3.67. The summed E-state index contributed by atoms with van der Waals surface area (Å²) in [6.45, 7) is 11.1. The van der Waals surface area contributed by atoms with Crippen LogP contribution in [0.15, 0.2) is 78.9 Å². The molecule has 2 nitrogen and oxygen atoms in total. The summed E-state index contributed by atoms with van der Waals surface area (Å²) in [7, 11) is 0. The maximum Gasteiger partial charge on any atom is 0.0991 e. The topological polar surface area (TPSA) is 35.8 Å². The molecule has 230 valence electrons. The molecule has 0 bridgehead atoms. The third-order valence-corrected chi connectivity index (χ3v) is 9.12. The molecule has 0 aromatic heterocycles. The van der Waals surface area contributed by atoms with Crippen molar-refractivity contribution < 1.29 is 0 Å². The first-order chi connectivity index (χ1) is 21.5. The van der Waals surface area contributed by atoms with Gasteiger partial charge in [0.15, 0.2) is 0 Å². The van der Waals surface area contributed by atoms with E-state index in [1.807, 2.05) is 18.2 Å². The number of rotatable bonds is 17. The van der Waals surface area contributed by atoms with Crippen LogP contribution in [-0.4, -0.2) is 6.54 Å². The van der Waals surface area contributed by atoms with Gasteiger partial charge in [0.25, 0.3) is 0 Å². The molecule has 0 unspecified atom stereocenters. The SMILES string of the molecule is CCCCCCNCc1ccc(CCc2cccc(-c3ccc(C)c(CCCC)c3)c2C)cc1CCc1cccc(C#N)c1. The minimum absolute atomic E-state index is 0.741. The van der Waals surface area contributed by atoms with Gasteiger partial charge >= 0.3 is 0 Å². The highest BCUT2D eigenvalue weighted by Gasteiger charge is 2.11. The Kier molecular flexibility index (Phi) is 13.3. The summed E-state index contributed by atoms with van der Waals surface area (Å²) in [6.07, 6.45) is 12.7. The Morgan fingerprint density at radius 3 is 2.18 bits per heavy atom. The molecule has 0 saturated carbocycles. The summed E-state index contributed by atoms with van der Waals surface area (Å²) in [4.78, 5) is 0. The molecule has 4 aromatic carbocycles. The van der Waals surface area contributed by atoms with Crippen LogP contribution in [0.25, 0.3) is 11.1 Å². The fourth-order valence-corrected chi connectivity index (χ4v) is 6.24. The van der Waals surface area contributed by atoms with Crippen molar-refractivity contribution in [1.82, 2.24) is 5.32 Å². The van der Waals surface area contributed by atoms with Gasteiger partial charge in [0.2, 0.25) is 0 Å². The van der Waals surface area contributed by atoms with Gasteiger partial charge in [-0.15, -0.1) is 0 Å². The van der Waals surface area contributed by atoms with Crippen molar-refractivity contribution in [2.45, 2.75) is 105 Å². The number of aryl methyl sites for hydroxylation is 6. The van der Waals surface area contributed by atoms with E-state index in [2.05, 4.69) is 99.7 Å². The van der Waals surface area contributed by atoms with E-state index in [0.717, 1.165) is 50.8 Å². The molecular formula is C42H52N2. The predicted octanol–water partition coefficient (Wildman–Crippen LogP) is 10.4. The summed E-state index contributed by atoms with van der Waals surface area (Å²) in [5, 5.41) is 13.1. The highest BCUT2D eigenvalue weighted by molar-refractivity contribution is 5.69. The molecule has 1 N–H and O–H groups in total. The predicted molar refractivity (Wildman–Crippen MR) is 188 cm³/mol. The summed E-state index contributed by atoms with van der Waals surface area (Å²) in [5.41, 5.74) is 14.6. The summed E-state index contributed by atoms with van der Waals surface area (Å²) >= 11 is 0. The summed E-state index contributed by atoms with van der Waals surface area (Å²) < 4.78 is 0. The van der Waals surface area contributed by atoms with Gasteiger partial charge in [0, 0.05) is 6.54 Å². The number of nitriles is 1. The second-order valence-corrected chi connectivity index (χ2v) is 12.5. The minimum atomic E-state index is 0.741. The molecule has 0 heterocycles. The Morgan fingerprint density at radius 2 is 1.39 bits per heavy atom. The molecule has 0 radical (unpaired) electrons. The lowest BCUT2D eigenvalue weighted by Gasteiger charge is -2.16. The summed E-state index contributed by atoms with van der Waals surface area (Å²) in [6, 6.07) is 31.3. The molecule has 4 rings (SSSR count). The van der Waals surface area contributed by atoms with Crippen LogP contribution in [0.2, 0.25) is 0 Å². The number of benzene rings is 4. The van der Waals surface area contributed by atoms with Crippen LogP contribution in [0.4, 0.5) is 0 Å². The van der Waals surface area contributed by atoms with E-state index in [9.17, 15) is 5.26 Å². The van der Waals surface area contributed by atoms with E-state index in [1.54, 1.807) is 0 Å². The Morgan fingerprint density at radius 1 is 0.614 bits per heavy atom.